The fourth-order valence-corrected chi connectivity index (χ4v) is 2.32. The molecule has 0 saturated heterocycles. The van der Waals surface area contributed by atoms with Gasteiger partial charge < -0.3 is 10.4 Å². The van der Waals surface area contributed by atoms with Crippen LogP contribution >= 0.6 is 0 Å². The summed E-state index contributed by atoms with van der Waals surface area (Å²) in [6.45, 7) is 1.33. The van der Waals surface area contributed by atoms with Crippen molar-refractivity contribution in [2.75, 3.05) is 13.2 Å². The molecule has 0 aromatic rings. The first-order chi connectivity index (χ1) is 5.42. The van der Waals surface area contributed by atoms with E-state index in [-0.39, 0.29) is 0 Å². The van der Waals surface area contributed by atoms with Crippen LogP contribution in [-0.2, 0) is 0 Å². The Hall–Kier alpha value is -0.0800. The molecule has 0 spiro atoms. The zero-order valence-electron chi connectivity index (χ0n) is 6.92. The smallest absolute Gasteiger partial charge is 0.0443 e. The Balaban J connectivity index is 1.63. The van der Waals surface area contributed by atoms with Gasteiger partial charge in [-0.05, 0) is 44.1 Å². The van der Waals surface area contributed by atoms with Gasteiger partial charge in [-0.2, -0.15) is 0 Å². The SMILES string of the molecule is OCCCNC1CCC2CC21. The zero-order chi connectivity index (χ0) is 7.68. The van der Waals surface area contributed by atoms with Crippen molar-refractivity contribution in [3.05, 3.63) is 0 Å². The molecule has 0 heterocycles. The first-order valence-corrected chi connectivity index (χ1v) is 4.76. The molecular formula is C9H17NO. The molecule has 0 aromatic carbocycles. The van der Waals surface area contributed by atoms with Crippen molar-refractivity contribution < 1.29 is 5.11 Å². The summed E-state index contributed by atoms with van der Waals surface area (Å²) in [5.74, 6) is 2.08. The maximum Gasteiger partial charge on any atom is 0.0443 e. The Labute approximate surface area is 68.0 Å². The van der Waals surface area contributed by atoms with Crippen LogP contribution in [-0.4, -0.2) is 24.3 Å². The van der Waals surface area contributed by atoms with Gasteiger partial charge in [0.05, 0.1) is 0 Å². The highest BCUT2D eigenvalue weighted by atomic mass is 16.3. The second-order valence-corrected chi connectivity index (χ2v) is 3.87. The summed E-state index contributed by atoms with van der Waals surface area (Å²) in [7, 11) is 0. The number of aliphatic hydroxyl groups is 1. The third-order valence-electron chi connectivity index (χ3n) is 3.08. The minimum absolute atomic E-state index is 0.327. The van der Waals surface area contributed by atoms with Gasteiger partial charge in [0.1, 0.15) is 0 Å². The van der Waals surface area contributed by atoms with Crippen molar-refractivity contribution in [1.29, 1.82) is 0 Å². The van der Waals surface area contributed by atoms with Gasteiger partial charge in [-0.3, -0.25) is 0 Å². The van der Waals surface area contributed by atoms with Crippen molar-refractivity contribution in [3.63, 3.8) is 0 Å². The average Bonchev–Trinajstić information content (AvgIpc) is 2.70. The molecule has 0 radical (unpaired) electrons. The monoisotopic (exact) mass is 155 g/mol. The van der Waals surface area contributed by atoms with Crippen molar-refractivity contribution in [2.45, 2.75) is 31.7 Å². The second kappa shape index (κ2) is 3.11. The molecule has 2 nitrogen and oxygen atoms in total. The largest absolute Gasteiger partial charge is 0.396 e. The highest BCUT2D eigenvalue weighted by molar-refractivity contribution is 5.01. The van der Waals surface area contributed by atoms with E-state index in [0.717, 1.165) is 30.8 Å². The van der Waals surface area contributed by atoms with Gasteiger partial charge in [0.2, 0.25) is 0 Å². The molecule has 2 aliphatic carbocycles. The van der Waals surface area contributed by atoms with E-state index in [1.165, 1.54) is 19.3 Å². The van der Waals surface area contributed by atoms with Crippen LogP contribution < -0.4 is 5.32 Å². The molecule has 3 unspecified atom stereocenters. The predicted molar refractivity (Wildman–Crippen MR) is 44.3 cm³/mol. The maximum absolute atomic E-state index is 8.58. The standard InChI is InChI=1S/C9H17NO/c11-5-1-4-10-9-3-2-7-6-8(7)9/h7-11H,1-6H2. The predicted octanol–water partition coefficient (Wildman–Crippen LogP) is 0.757. The quantitative estimate of drug-likeness (QED) is 0.587. The number of hydrogen-bond acceptors (Lipinski definition) is 2. The average molecular weight is 155 g/mol. The molecule has 3 atom stereocenters. The Morgan fingerprint density at radius 1 is 1.36 bits per heavy atom. The Bertz CT molecular complexity index is 138. The third kappa shape index (κ3) is 1.57. The molecular weight excluding hydrogens is 138 g/mol. The number of nitrogens with one attached hydrogen (secondary N) is 1. The lowest BCUT2D eigenvalue weighted by Crippen LogP contribution is -2.30. The van der Waals surface area contributed by atoms with Crippen LogP contribution in [0.3, 0.4) is 0 Å². The van der Waals surface area contributed by atoms with E-state index in [4.69, 9.17) is 5.11 Å². The highest BCUT2D eigenvalue weighted by Crippen LogP contribution is 2.51. The van der Waals surface area contributed by atoms with E-state index in [9.17, 15) is 0 Å². The van der Waals surface area contributed by atoms with E-state index in [1.54, 1.807) is 0 Å². The van der Waals surface area contributed by atoms with Crippen LogP contribution in [0.1, 0.15) is 25.7 Å². The second-order valence-electron chi connectivity index (χ2n) is 3.87. The van der Waals surface area contributed by atoms with E-state index >= 15 is 0 Å². The Morgan fingerprint density at radius 3 is 2.82 bits per heavy atom. The molecule has 2 aliphatic rings. The van der Waals surface area contributed by atoms with Crippen LogP contribution in [0.5, 0.6) is 0 Å². The van der Waals surface area contributed by atoms with Crippen molar-refractivity contribution >= 4 is 0 Å². The van der Waals surface area contributed by atoms with Gasteiger partial charge in [-0.25, -0.2) is 0 Å². The maximum atomic E-state index is 8.58. The minimum atomic E-state index is 0.327. The molecule has 0 aromatic heterocycles. The van der Waals surface area contributed by atoms with Crippen molar-refractivity contribution in [1.82, 2.24) is 5.32 Å². The van der Waals surface area contributed by atoms with Crippen LogP contribution in [0.2, 0.25) is 0 Å². The first kappa shape index (κ1) is 7.56. The first-order valence-electron chi connectivity index (χ1n) is 4.76. The fraction of sp³-hybridized carbons (Fsp3) is 1.00. The van der Waals surface area contributed by atoms with E-state index in [0.29, 0.717) is 6.61 Å². The molecule has 2 heteroatoms. The van der Waals surface area contributed by atoms with Gasteiger partial charge >= 0.3 is 0 Å². The van der Waals surface area contributed by atoms with Crippen molar-refractivity contribution in [3.8, 4) is 0 Å². The summed E-state index contributed by atoms with van der Waals surface area (Å²) in [6.07, 6.45) is 5.20. The number of hydrogen-bond donors (Lipinski definition) is 2. The lowest BCUT2D eigenvalue weighted by molar-refractivity contribution is 0.282. The topological polar surface area (TPSA) is 32.3 Å². The molecule has 0 amide bonds. The van der Waals surface area contributed by atoms with Gasteiger partial charge in [0.15, 0.2) is 0 Å². The molecule has 2 N–H and O–H groups in total. The Kier molecular flexibility index (Phi) is 2.14. The lowest BCUT2D eigenvalue weighted by atomic mass is 10.2. The number of fused-ring (bicyclic) bond motifs is 1. The fourth-order valence-electron chi connectivity index (χ4n) is 2.32. The number of rotatable bonds is 4. The summed E-state index contributed by atoms with van der Waals surface area (Å²) in [4.78, 5) is 0. The molecule has 2 fully saturated rings. The van der Waals surface area contributed by atoms with Crippen LogP contribution in [0.25, 0.3) is 0 Å². The summed E-state index contributed by atoms with van der Waals surface area (Å²) < 4.78 is 0. The number of aliphatic hydroxyl groups excluding tert-OH is 1. The summed E-state index contributed by atoms with van der Waals surface area (Å²) in [5, 5.41) is 12.1. The third-order valence-corrected chi connectivity index (χ3v) is 3.08. The highest BCUT2D eigenvalue weighted by Gasteiger charge is 2.47. The lowest BCUT2D eigenvalue weighted by Gasteiger charge is -2.12. The summed E-state index contributed by atoms with van der Waals surface area (Å²) >= 11 is 0. The van der Waals surface area contributed by atoms with Crippen LogP contribution in [0.4, 0.5) is 0 Å². The zero-order valence-corrected chi connectivity index (χ0v) is 6.92. The van der Waals surface area contributed by atoms with Gasteiger partial charge in [0, 0.05) is 12.6 Å². The van der Waals surface area contributed by atoms with Gasteiger partial charge in [-0.1, -0.05) is 0 Å². The van der Waals surface area contributed by atoms with Crippen molar-refractivity contribution in [2.24, 2.45) is 11.8 Å². The molecule has 0 aliphatic heterocycles. The summed E-state index contributed by atoms with van der Waals surface area (Å²) in [6, 6.07) is 0.798. The molecule has 64 valence electrons. The van der Waals surface area contributed by atoms with E-state index in [2.05, 4.69) is 5.32 Å². The van der Waals surface area contributed by atoms with Crippen LogP contribution in [0, 0.1) is 11.8 Å². The Morgan fingerprint density at radius 2 is 2.27 bits per heavy atom. The molecule has 2 rings (SSSR count). The van der Waals surface area contributed by atoms with Gasteiger partial charge in [-0.15, -0.1) is 0 Å². The van der Waals surface area contributed by atoms with Gasteiger partial charge in [0.25, 0.3) is 0 Å². The molecule has 11 heavy (non-hydrogen) atoms. The normalized spacial score (nSPS) is 40.6. The minimum Gasteiger partial charge on any atom is -0.396 e. The van der Waals surface area contributed by atoms with E-state index < -0.39 is 0 Å². The molecule has 2 saturated carbocycles. The summed E-state index contributed by atoms with van der Waals surface area (Å²) in [5.41, 5.74) is 0. The molecule has 0 bridgehead atoms. The van der Waals surface area contributed by atoms with E-state index in [1.807, 2.05) is 0 Å². The van der Waals surface area contributed by atoms with Crippen LogP contribution in [0.15, 0.2) is 0 Å².